The Kier molecular flexibility index (Phi) is 3.20. The Morgan fingerprint density at radius 3 is 2.47 bits per heavy atom. The summed E-state index contributed by atoms with van der Waals surface area (Å²) in [5.74, 6) is -0.200. The van der Waals surface area contributed by atoms with Crippen LogP contribution in [0.3, 0.4) is 0 Å². The Morgan fingerprint density at radius 1 is 1.26 bits per heavy atom. The lowest BCUT2D eigenvalue weighted by atomic mass is 9.91. The summed E-state index contributed by atoms with van der Waals surface area (Å²) < 4.78 is 11.2. The Bertz CT molecular complexity index is 548. The van der Waals surface area contributed by atoms with Gasteiger partial charge in [-0.15, -0.1) is 0 Å². The lowest BCUT2D eigenvalue weighted by Gasteiger charge is -2.36. The van der Waals surface area contributed by atoms with E-state index in [1.54, 1.807) is 6.92 Å². The number of phenols is 1. The monoisotopic (exact) mass is 264 g/mol. The molecule has 19 heavy (non-hydrogen) atoms. The first-order valence-corrected chi connectivity index (χ1v) is 6.45. The molecule has 1 N–H and O–H groups in total. The fourth-order valence-electron chi connectivity index (χ4n) is 2.60. The molecule has 0 amide bonds. The average Bonchev–Trinajstić information content (AvgIpc) is 2.32. The predicted octanol–water partition coefficient (Wildman–Crippen LogP) is 2.92. The topological polar surface area (TPSA) is 55.8 Å². The van der Waals surface area contributed by atoms with Crippen LogP contribution in [0, 0.1) is 20.8 Å². The molecule has 104 valence electrons. The molecule has 0 bridgehead atoms. The molecule has 0 fully saturated rings. The molecule has 0 saturated heterocycles. The Hall–Kier alpha value is -1.71. The Labute approximate surface area is 113 Å². The molecule has 1 aliphatic heterocycles. The third kappa shape index (κ3) is 2.27. The van der Waals surface area contributed by atoms with Gasteiger partial charge in [0.2, 0.25) is 0 Å². The van der Waals surface area contributed by atoms with Crippen LogP contribution in [0.25, 0.3) is 0 Å². The van der Waals surface area contributed by atoms with Crippen LogP contribution in [0.2, 0.25) is 0 Å². The van der Waals surface area contributed by atoms with Crippen molar-refractivity contribution in [3.8, 4) is 11.5 Å². The summed E-state index contributed by atoms with van der Waals surface area (Å²) in [7, 11) is 0. The number of carbonyl (C=O) groups is 1. The molecule has 4 heteroatoms. The highest BCUT2D eigenvalue weighted by Crippen LogP contribution is 2.43. The van der Waals surface area contributed by atoms with E-state index in [1.165, 1.54) is 6.92 Å². The Morgan fingerprint density at radius 2 is 1.89 bits per heavy atom. The molecule has 1 aromatic rings. The summed E-state index contributed by atoms with van der Waals surface area (Å²) in [4.78, 5) is 11.2. The molecule has 4 nitrogen and oxygen atoms in total. The minimum Gasteiger partial charge on any atom is -0.507 e. The molecule has 0 saturated carbocycles. The smallest absolute Gasteiger partial charge is 0.305 e. The van der Waals surface area contributed by atoms with Crippen LogP contribution in [0.5, 0.6) is 11.5 Å². The molecular formula is C15H20O4. The molecule has 1 atom stereocenters. The van der Waals surface area contributed by atoms with E-state index >= 15 is 0 Å². The first-order valence-electron chi connectivity index (χ1n) is 6.45. The zero-order chi connectivity index (χ0) is 14.4. The number of benzene rings is 1. The number of ether oxygens (including phenoxy) is 2. The number of esters is 1. The summed E-state index contributed by atoms with van der Waals surface area (Å²) in [6.07, 6.45) is 1.31. The van der Waals surface area contributed by atoms with Crippen molar-refractivity contribution in [2.45, 2.75) is 53.2 Å². The van der Waals surface area contributed by atoms with Crippen LogP contribution in [-0.2, 0) is 16.0 Å². The quantitative estimate of drug-likeness (QED) is 0.792. The lowest BCUT2D eigenvalue weighted by Crippen LogP contribution is -2.41. The van der Waals surface area contributed by atoms with Crippen molar-refractivity contribution in [3.05, 3.63) is 22.3 Å². The van der Waals surface area contributed by atoms with Gasteiger partial charge in [-0.05, 0) is 43.9 Å². The number of carbonyl (C=O) groups excluding carboxylic acids is 1. The maximum Gasteiger partial charge on any atom is 0.305 e. The molecule has 2 rings (SSSR count). The van der Waals surface area contributed by atoms with Gasteiger partial charge in [-0.2, -0.15) is 0 Å². The van der Waals surface area contributed by atoms with Crippen molar-refractivity contribution in [3.63, 3.8) is 0 Å². The first kappa shape index (κ1) is 13.7. The van der Waals surface area contributed by atoms with Crippen LogP contribution in [0.1, 0.15) is 42.5 Å². The molecule has 1 unspecified atom stereocenters. The van der Waals surface area contributed by atoms with E-state index in [0.29, 0.717) is 12.2 Å². The summed E-state index contributed by atoms with van der Waals surface area (Å²) in [6.45, 7) is 8.81. The van der Waals surface area contributed by atoms with Crippen molar-refractivity contribution in [2.24, 2.45) is 0 Å². The van der Waals surface area contributed by atoms with Gasteiger partial charge in [-0.1, -0.05) is 0 Å². The predicted molar refractivity (Wildman–Crippen MR) is 71.4 cm³/mol. The van der Waals surface area contributed by atoms with Crippen molar-refractivity contribution < 1.29 is 19.4 Å². The summed E-state index contributed by atoms with van der Waals surface area (Å²) >= 11 is 0. The average molecular weight is 264 g/mol. The molecule has 0 radical (unpaired) electrons. The molecule has 1 aromatic carbocycles. The highest BCUT2D eigenvalue weighted by molar-refractivity contribution is 5.66. The van der Waals surface area contributed by atoms with Crippen molar-refractivity contribution >= 4 is 5.97 Å². The third-order valence-electron chi connectivity index (χ3n) is 3.85. The molecule has 0 spiro atoms. The van der Waals surface area contributed by atoms with Crippen molar-refractivity contribution in [1.82, 2.24) is 0 Å². The second-order valence-electron chi connectivity index (χ2n) is 5.36. The van der Waals surface area contributed by atoms with E-state index in [9.17, 15) is 9.90 Å². The van der Waals surface area contributed by atoms with E-state index in [1.807, 2.05) is 20.8 Å². The van der Waals surface area contributed by atoms with Gasteiger partial charge in [-0.3, -0.25) is 4.79 Å². The maximum atomic E-state index is 11.2. The molecular weight excluding hydrogens is 244 g/mol. The summed E-state index contributed by atoms with van der Waals surface area (Å²) in [5.41, 5.74) is 3.56. The largest absolute Gasteiger partial charge is 0.507 e. The summed E-state index contributed by atoms with van der Waals surface area (Å²) in [6, 6.07) is 0. The number of hydrogen-bond acceptors (Lipinski definition) is 4. The molecule has 0 aliphatic carbocycles. The normalized spacial score (nSPS) is 21.5. The van der Waals surface area contributed by atoms with Gasteiger partial charge in [0, 0.05) is 25.8 Å². The lowest BCUT2D eigenvalue weighted by molar-refractivity contribution is -0.194. The van der Waals surface area contributed by atoms with Crippen LogP contribution in [0.4, 0.5) is 0 Å². The minimum absolute atomic E-state index is 0.330. The molecule has 1 heterocycles. The highest BCUT2D eigenvalue weighted by Gasteiger charge is 2.37. The fraction of sp³-hybridized carbons (Fsp3) is 0.533. The summed E-state index contributed by atoms with van der Waals surface area (Å²) in [5, 5.41) is 10.1. The van der Waals surface area contributed by atoms with Gasteiger partial charge in [0.1, 0.15) is 11.5 Å². The SMILES string of the molecule is CC(=O)OC1(C)CCc2c(C)c(O)c(C)c(C)c2O1. The number of fused-ring (bicyclic) bond motifs is 1. The van der Waals surface area contributed by atoms with Crippen LogP contribution < -0.4 is 4.74 Å². The van der Waals surface area contributed by atoms with Crippen LogP contribution in [0.15, 0.2) is 0 Å². The maximum absolute atomic E-state index is 11.2. The number of rotatable bonds is 1. The van der Waals surface area contributed by atoms with E-state index in [-0.39, 0.29) is 5.97 Å². The zero-order valence-electron chi connectivity index (χ0n) is 12.1. The van der Waals surface area contributed by atoms with E-state index in [4.69, 9.17) is 9.47 Å². The van der Waals surface area contributed by atoms with Gasteiger partial charge in [-0.25, -0.2) is 0 Å². The van der Waals surface area contributed by atoms with Gasteiger partial charge < -0.3 is 14.6 Å². The molecule has 0 aromatic heterocycles. The second kappa shape index (κ2) is 4.44. The van der Waals surface area contributed by atoms with Gasteiger partial charge in [0.05, 0.1) is 0 Å². The zero-order valence-corrected chi connectivity index (χ0v) is 12.1. The van der Waals surface area contributed by atoms with Crippen molar-refractivity contribution in [2.75, 3.05) is 0 Å². The second-order valence-corrected chi connectivity index (χ2v) is 5.36. The highest BCUT2D eigenvalue weighted by atomic mass is 16.7. The molecule has 1 aliphatic rings. The van der Waals surface area contributed by atoms with E-state index in [0.717, 1.165) is 34.4 Å². The number of aromatic hydroxyl groups is 1. The standard InChI is InChI=1S/C15H20O4/c1-8-9(2)14-12(10(3)13(8)17)6-7-15(5,19-14)18-11(4)16/h17H,6-7H2,1-5H3. The van der Waals surface area contributed by atoms with Gasteiger partial charge in [0.25, 0.3) is 5.79 Å². The Balaban J connectivity index is 2.49. The third-order valence-corrected chi connectivity index (χ3v) is 3.85. The van der Waals surface area contributed by atoms with Gasteiger partial charge >= 0.3 is 5.97 Å². The van der Waals surface area contributed by atoms with E-state index in [2.05, 4.69) is 0 Å². The first-order chi connectivity index (χ1) is 8.75. The van der Waals surface area contributed by atoms with Gasteiger partial charge in [0.15, 0.2) is 0 Å². The number of phenolic OH excluding ortho intramolecular Hbond substituents is 1. The van der Waals surface area contributed by atoms with E-state index < -0.39 is 5.79 Å². The number of hydrogen-bond donors (Lipinski definition) is 1. The van der Waals surface area contributed by atoms with Crippen LogP contribution in [-0.4, -0.2) is 16.9 Å². The van der Waals surface area contributed by atoms with Crippen molar-refractivity contribution in [1.29, 1.82) is 0 Å². The minimum atomic E-state index is -0.917. The van der Waals surface area contributed by atoms with Crippen LogP contribution >= 0.6 is 0 Å². The fourth-order valence-corrected chi connectivity index (χ4v) is 2.60.